The van der Waals surface area contributed by atoms with Gasteiger partial charge in [-0.1, -0.05) is 26.1 Å². The van der Waals surface area contributed by atoms with Gasteiger partial charge in [0.25, 0.3) is 0 Å². The number of hydrogen-bond donors (Lipinski definition) is 2. The van der Waals surface area contributed by atoms with Crippen LogP contribution in [-0.2, 0) is 0 Å². The Kier molecular flexibility index (Phi) is 4.14. The topological polar surface area (TPSA) is 32.3 Å². The lowest BCUT2D eigenvalue weighted by Gasteiger charge is -2.26. The molecule has 72 valence electrons. The lowest BCUT2D eigenvalue weighted by molar-refractivity contribution is 0.186. The van der Waals surface area contributed by atoms with Crippen LogP contribution in [0.2, 0.25) is 0 Å². The maximum atomic E-state index is 9.55. The molecule has 0 saturated carbocycles. The van der Waals surface area contributed by atoms with Gasteiger partial charge in [-0.05, 0) is 26.7 Å². The second kappa shape index (κ2) is 4.19. The lowest BCUT2D eigenvalue weighted by atomic mass is 10.0. The first kappa shape index (κ1) is 11.8. The Bertz CT molecular complexity index is 160. The molecule has 0 bridgehead atoms. The third-order valence-electron chi connectivity index (χ3n) is 1.40. The predicted octanol–water partition coefficient (Wildman–Crippen LogP) is 1.72. The molecule has 3 heteroatoms. The van der Waals surface area contributed by atoms with Crippen LogP contribution in [0.5, 0.6) is 0 Å². The molecule has 0 heterocycles. The van der Waals surface area contributed by atoms with E-state index in [2.05, 4.69) is 5.32 Å². The van der Waals surface area contributed by atoms with Crippen LogP contribution in [0.15, 0.2) is 0 Å². The quantitative estimate of drug-likeness (QED) is 0.649. The zero-order valence-electron chi connectivity index (χ0n) is 8.51. The summed E-state index contributed by atoms with van der Waals surface area (Å²) in [5.41, 5.74) is -0.0625. The molecule has 12 heavy (non-hydrogen) atoms. The normalized spacial score (nSPS) is 14.6. The molecule has 0 spiro atoms. The van der Waals surface area contributed by atoms with Gasteiger partial charge in [-0.3, -0.25) is 0 Å². The van der Waals surface area contributed by atoms with Gasteiger partial charge in [0, 0.05) is 5.54 Å². The van der Waals surface area contributed by atoms with Crippen LogP contribution in [0.25, 0.3) is 0 Å². The largest absolute Gasteiger partial charge is 0.386 e. The van der Waals surface area contributed by atoms with Gasteiger partial charge in [0.1, 0.15) is 11.1 Å². The molecular weight excluding hydrogens is 170 g/mol. The van der Waals surface area contributed by atoms with E-state index in [1.807, 2.05) is 34.6 Å². The maximum Gasteiger partial charge on any atom is 0.106 e. The van der Waals surface area contributed by atoms with E-state index in [0.717, 1.165) is 0 Å². The molecule has 0 aliphatic rings. The summed E-state index contributed by atoms with van der Waals surface area (Å²) in [6, 6.07) is 0. The highest BCUT2D eigenvalue weighted by Crippen LogP contribution is 2.06. The van der Waals surface area contributed by atoms with Crippen LogP contribution in [0, 0.1) is 5.92 Å². The van der Waals surface area contributed by atoms with Gasteiger partial charge in [0.15, 0.2) is 0 Å². The van der Waals surface area contributed by atoms with E-state index < -0.39 is 6.10 Å². The Labute approximate surface area is 80.4 Å². The van der Waals surface area contributed by atoms with Gasteiger partial charge in [0.05, 0.1) is 0 Å². The zero-order chi connectivity index (χ0) is 9.94. The zero-order valence-corrected chi connectivity index (χ0v) is 9.33. The summed E-state index contributed by atoms with van der Waals surface area (Å²) in [5.74, 6) is 0.173. The number of nitrogens with one attached hydrogen (secondary N) is 1. The molecular formula is C9H19NOS. The molecule has 0 aliphatic heterocycles. The first-order valence-electron chi connectivity index (χ1n) is 4.24. The molecule has 0 unspecified atom stereocenters. The van der Waals surface area contributed by atoms with E-state index in [9.17, 15) is 5.11 Å². The third-order valence-corrected chi connectivity index (χ3v) is 1.74. The minimum atomic E-state index is -0.528. The molecule has 0 amide bonds. The number of rotatable bonds is 2. The Morgan fingerprint density at radius 1 is 1.33 bits per heavy atom. The number of aliphatic hydroxyl groups is 1. The molecule has 0 aliphatic carbocycles. The van der Waals surface area contributed by atoms with Crippen molar-refractivity contribution in [1.29, 1.82) is 0 Å². The highest BCUT2D eigenvalue weighted by atomic mass is 32.1. The fourth-order valence-corrected chi connectivity index (χ4v) is 1.32. The summed E-state index contributed by atoms with van der Waals surface area (Å²) in [7, 11) is 0. The molecule has 0 rings (SSSR count). The van der Waals surface area contributed by atoms with Crippen LogP contribution in [0.4, 0.5) is 0 Å². The predicted molar refractivity (Wildman–Crippen MR) is 56.3 cm³/mol. The van der Waals surface area contributed by atoms with Crippen molar-refractivity contribution in [1.82, 2.24) is 5.32 Å². The van der Waals surface area contributed by atoms with Crippen molar-refractivity contribution in [2.24, 2.45) is 5.92 Å². The van der Waals surface area contributed by atoms with Crippen molar-refractivity contribution in [3.05, 3.63) is 0 Å². The molecule has 2 N–H and O–H groups in total. The summed E-state index contributed by atoms with van der Waals surface area (Å²) in [6.07, 6.45) is -0.528. The van der Waals surface area contributed by atoms with Gasteiger partial charge in [0.2, 0.25) is 0 Å². The van der Waals surface area contributed by atoms with Crippen molar-refractivity contribution in [3.8, 4) is 0 Å². The van der Waals surface area contributed by atoms with E-state index in [1.165, 1.54) is 0 Å². The van der Waals surface area contributed by atoms with Crippen molar-refractivity contribution in [2.75, 3.05) is 0 Å². The highest BCUT2D eigenvalue weighted by molar-refractivity contribution is 7.80. The lowest BCUT2D eigenvalue weighted by Crippen LogP contribution is -2.46. The number of aliphatic hydroxyl groups excluding tert-OH is 1. The molecule has 0 aromatic carbocycles. The van der Waals surface area contributed by atoms with E-state index >= 15 is 0 Å². The average molecular weight is 189 g/mol. The van der Waals surface area contributed by atoms with Crippen molar-refractivity contribution in [2.45, 2.75) is 46.3 Å². The van der Waals surface area contributed by atoms with Gasteiger partial charge in [-0.2, -0.15) is 0 Å². The van der Waals surface area contributed by atoms with Crippen LogP contribution in [0.3, 0.4) is 0 Å². The fourth-order valence-electron chi connectivity index (χ4n) is 0.746. The van der Waals surface area contributed by atoms with Crippen LogP contribution >= 0.6 is 12.2 Å². The standard InChI is InChI=1S/C9H19NOS/c1-6(2)7(11)8(12)10-9(3,4)5/h6-7,11H,1-5H3,(H,10,12)/t7-/m1/s1. The van der Waals surface area contributed by atoms with E-state index in [0.29, 0.717) is 4.99 Å². The first-order chi connectivity index (χ1) is 5.24. The van der Waals surface area contributed by atoms with Crippen molar-refractivity contribution in [3.63, 3.8) is 0 Å². The highest BCUT2D eigenvalue weighted by Gasteiger charge is 2.19. The Balaban J connectivity index is 4.05. The molecule has 0 saturated heterocycles. The average Bonchev–Trinajstić information content (AvgIpc) is 1.82. The SMILES string of the molecule is CC(C)[C@@H](O)C(=S)NC(C)(C)C. The smallest absolute Gasteiger partial charge is 0.106 e. The van der Waals surface area contributed by atoms with E-state index in [1.54, 1.807) is 0 Å². The Morgan fingerprint density at radius 3 is 2.00 bits per heavy atom. The first-order valence-corrected chi connectivity index (χ1v) is 4.65. The molecule has 0 aromatic heterocycles. The van der Waals surface area contributed by atoms with E-state index in [4.69, 9.17) is 12.2 Å². The van der Waals surface area contributed by atoms with Crippen LogP contribution < -0.4 is 5.32 Å². The summed E-state index contributed by atoms with van der Waals surface area (Å²) in [4.78, 5) is 0.539. The molecule has 0 radical (unpaired) electrons. The molecule has 0 aromatic rings. The second-order valence-corrected chi connectivity index (χ2v) is 4.87. The van der Waals surface area contributed by atoms with Crippen molar-refractivity contribution < 1.29 is 5.11 Å². The van der Waals surface area contributed by atoms with Gasteiger partial charge < -0.3 is 10.4 Å². The Hall–Kier alpha value is -0.150. The monoisotopic (exact) mass is 189 g/mol. The number of hydrogen-bond acceptors (Lipinski definition) is 2. The Morgan fingerprint density at radius 2 is 1.75 bits per heavy atom. The molecule has 1 atom stereocenters. The van der Waals surface area contributed by atoms with Gasteiger partial charge in [-0.25, -0.2) is 0 Å². The molecule has 2 nitrogen and oxygen atoms in total. The minimum absolute atomic E-state index is 0.0625. The summed E-state index contributed by atoms with van der Waals surface area (Å²) < 4.78 is 0. The fraction of sp³-hybridized carbons (Fsp3) is 0.889. The van der Waals surface area contributed by atoms with E-state index in [-0.39, 0.29) is 11.5 Å². The third kappa shape index (κ3) is 4.67. The second-order valence-electron chi connectivity index (χ2n) is 4.43. The van der Waals surface area contributed by atoms with Gasteiger partial charge >= 0.3 is 0 Å². The summed E-state index contributed by atoms with van der Waals surface area (Å²) >= 11 is 5.04. The van der Waals surface area contributed by atoms with Gasteiger partial charge in [-0.15, -0.1) is 0 Å². The summed E-state index contributed by atoms with van der Waals surface area (Å²) in [5, 5.41) is 12.6. The minimum Gasteiger partial charge on any atom is -0.386 e. The molecule has 0 fully saturated rings. The van der Waals surface area contributed by atoms with Crippen molar-refractivity contribution >= 4 is 17.2 Å². The van der Waals surface area contributed by atoms with Crippen LogP contribution in [-0.4, -0.2) is 21.7 Å². The number of thiocarbonyl (C=S) groups is 1. The maximum absolute atomic E-state index is 9.55. The van der Waals surface area contributed by atoms with Crippen LogP contribution in [0.1, 0.15) is 34.6 Å². The summed E-state index contributed by atoms with van der Waals surface area (Å²) in [6.45, 7) is 9.95.